The van der Waals surface area contributed by atoms with Gasteiger partial charge in [-0.1, -0.05) is 54.6 Å². The van der Waals surface area contributed by atoms with E-state index in [4.69, 9.17) is 9.90 Å². The summed E-state index contributed by atoms with van der Waals surface area (Å²) in [6, 6.07) is 18.4. The van der Waals surface area contributed by atoms with E-state index in [1.54, 1.807) is 0 Å². The third kappa shape index (κ3) is 4.61. The molecular formula is C18H20FNO3. The van der Waals surface area contributed by atoms with E-state index in [9.17, 15) is 9.50 Å². The van der Waals surface area contributed by atoms with Crippen LogP contribution < -0.4 is 0 Å². The number of rotatable bonds is 3. The van der Waals surface area contributed by atoms with E-state index in [1.807, 2.05) is 35.2 Å². The largest absolute Gasteiger partial charge is 0.483 e. The smallest absolute Gasteiger partial charge is 0.290 e. The molecule has 1 aliphatic rings. The molecule has 2 atom stereocenters. The lowest BCUT2D eigenvalue weighted by Crippen LogP contribution is -2.21. The fourth-order valence-electron chi connectivity index (χ4n) is 2.75. The molecule has 1 saturated heterocycles. The van der Waals surface area contributed by atoms with Gasteiger partial charge in [-0.15, -0.1) is 0 Å². The minimum atomic E-state index is -1.13. The van der Waals surface area contributed by atoms with Gasteiger partial charge in [0.1, 0.15) is 6.17 Å². The first-order chi connectivity index (χ1) is 11.2. The zero-order valence-corrected chi connectivity index (χ0v) is 12.7. The lowest BCUT2D eigenvalue weighted by molar-refractivity contribution is -0.122. The predicted octanol–water partition coefficient (Wildman–Crippen LogP) is 2.57. The highest BCUT2D eigenvalue weighted by Gasteiger charge is 2.31. The number of hydrogen-bond donors (Lipinski definition) is 2. The number of likely N-dealkylation sites (tertiary alicyclic amines) is 1. The van der Waals surface area contributed by atoms with E-state index in [-0.39, 0.29) is 6.47 Å². The van der Waals surface area contributed by atoms with Crippen molar-refractivity contribution in [3.8, 4) is 11.1 Å². The first kappa shape index (κ1) is 17.1. The van der Waals surface area contributed by atoms with Gasteiger partial charge in [0, 0.05) is 19.6 Å². The molecule has 2 aromatic rings. The molecule has 2 N–H and O–H groups in total. The Hall–Kier alpha value is -2.24. The average Bonchev–Trinajstić information content (AvgIpc) is 2.87. The molecule has 4 nitrogen and oxygen atoms in total. The van der Waals surface area contributed by atoms with Gasteiger partial charge in [-0.3, -0.25) is 9.69 Å². The predicted molar refractivity (Wildman–Crippen MR) is 86.8 cm³/mol. The first-order valence-corrected chi connectivity index (χ1v) is 7.41. The quantitative estimate of drug-likeness (QED) is 0.854. The molecule has 122 valence electrons. The van der Waals surface area contributed by atoms with Crippen molar-refractivity contribution in [2.24, 2.45) is 0 Å². The minimum Gasteiger partial charge on any atom is -0.483 e. The molecule has 0 amide bonds. The van der Waals surface area contributed by atoms with Crippen molar-refractivity contribution in [1.82, 2.24) is 4.90 Å². The maximum Gasteiger partial charge on any atom is 0.290 e. The third-order valence-electron chi connectivity index (χ3n) is 3.79. The topological polar surface area (TPSA) is 60.8 Å². The molecule has 1 aliphatic heterocycles. The second-order valence-corrected chi connectivity index (χ2v) is 5.41. The Kier molecular flexibility index (Phi) is 6.26. The lowest BCUT2D eigenvalue weighted by Gasteiger charge is -2.17. The van der Waals surface area contributed by atoms with Crippen molar-refractivity contribution in [3.63, 3.8) is 0 Å². The zero-order chi connectivity index (χ0) is 16.7. The van der Waals surface area contributed by atoms with Gasteiger partial charge in [-0.2, -0.15) is 0 Å². The molecule has 0 saturated carbocycles. The number of β-amino-alcohol motifs (C(OH)–C–C–N with tert-alkyl or cyclic N) is 1. The van der Waals surface area contributed by atoms with Crippen LogP contribution in [0, 0.1) is 0 Å². The monoisotopic (exact) mass is 317 g/mol. The fourth-order valence-corrected chi connectivity index (χ4v) is 2.75. The molecule has 5 heteroatoms. The summed E-state index contributed by atoms with van der Waals surface area (Å²) in [4.78, 5) is 10.3. The summed E-state index contributed by atoms with van der Waals surface area (Å²) >= 11 is 0. The number of nitrogens with zero attached hydrogens (tertiary/aromatic N) is 1. The molecule has 23 heavy (non-hydrogen) atoms. The van der Waals surface area contributed by atoms with Crippen LogP contribution in [0.3, 0.4) is 0 Å². The molecule has 0 aliphatic carbocycles. The number of benzene rings is 2. The van der Waals surface area contributed by atoms with Gasteiger partial charge in [-0.05, 0) is 16.7 Å². The van der Waals surface area contributed by atoms with Gasteiger partial charge in [0.05, 0.1) is 6.10 Å². The SMILES string of the molecule is O=CO.O[C@@H]1CN(Cc2ccccc2-c2ccccc2)C[C@H]1F. The molecular weight excluding hydrogens is 297 g/mol. The van der Waals surface area contributed by atoms with Crippen molar-refractivity contribution >= 4 is 6.47 Å². The summed E-state index contributed by atoms with van der Waals surface area (Å²) in [6.07, 6.45) is -1.97. The van der Waals surface area contributed by atoms with E-state index in [1.165, 1.54) is 16.7 Å². The average molecular weight is 317 g/mol. The molecule has 3 rings (SSSR count). The van der Waals surface area contributed by atoms with Crippen molar-refractivity contribution in [1.29, 1.82) is 0 Å². The molecule has 0 radical (unpaired) electrons. The highest BCUT2D eigenvalue weighted by molar-refractivity contribution is 5.67. The summed E-state index contributed by atoms with van der Waals surface area (Å²) in [7, 11) is 0. The van der Waals surface area contributed by atoms with E-state index in [2.05, 4.69) is 24.3 Å². The summed E-state index contributed by atoms with van der Waals surface area (Å²) < 4.78 is 13.4. The molecule has 0 spiro atoms. The van der Waals surface area contributed by atoms with Crippen LogP contribution >= 0.6 is 0 Å². The van der Waals surface area contributed by atoms with E-state index >= 15 is 0 Å². The summed E-state index contributed by atoms with van der Waals surface area (Å²) in [6.45, 7) is 1.14. The van der Waals surface area contributed by atoms with E-state index in [0.29, 0.717) is 19.6 Å². The standard InChI is InChI=1S/C17H18FNO.CH2O2/c18-16-11-19(12-17(16)20)10-14-8-4-5-9-15(14)13-6-2-1-3-7-13;2-1-3/h1-9,16-17,20H,10-12H2;1H,(H,2,3)/t16-,17-;/m1./s1. The van der Waals surface area contributed by atoms with Crippen LogP contribution in [-0.2, 0) is 11.3 Å². The number of aliphatic hydroxyl groups excluding tert-OH is 1. The van der Waals surface area contributed by atoms with Gasteiger partial charge in [0.15, 0.2) is 0 Å². The molecule has 0 bridgehead atoms. The Morgan fingerprint density at radius 1 is 1.09 bits per heavy atom. The highest BCUT2D eigenvalue weighted by atomic mass is 19.1. The zero-order valence-electron chi connectivity index (χ0n) is 12.7. The summed E-state index contributed by atoms with van der Waals surface area (Å²) in [5.74, 6) is 0. The van der Waals surface area contributed by atoms with Crippen LogP contribution in [0.5, 0.6) is 0 Å². The maximum atomic E-state index is 13.4. The number of halogens is 1. The molecule has 0 aromatic heterocycles. The number of alkyl halides is 1. The number of aliphatic hydroxyl groups is 1. The van der Waals surface area contributed by atoms with Crippen LogP contribution in [0.1, 0.15) is 5.56 Å². The minimum absolute atomic E-state index is 0.250. The van der Waals surface area contributed by atoms with Gasteiger partial charge < -0.3 is 10.2 Å². The summed E-state index contributed by atoms with van der Waals surface area (Å²) in [5.41, 5.74) is 3.50. The van der Waals surface area contributed by atoms with Gasteiger partial charge in [-0.25, -0.2) is 4.39 Å². The van der Waals surface area contributed by atoms with Crippen molar-refractivity contribution in [2.75, 3.05) is 13.1 Å². The second-order valence-electron chi connectivity index (χ2n) is 5.41. The van der Waals surface area contributed by atoms with E-state index < -0.39 is 12.3 Å². The highest BCUT2D eigenvalue weighted by Crippen LogP contribution is 2.26. The third-order valence-corrected chi connectivity index (χ3v) is 3.79. The Morgan fingerprint density at radius 2 is 1.70 bits per heavy atom. The Balaban J connectivity index is 0.000000595. The van der Waals surface area contributed by atoms with Crippen molar-refractivity contribution < 1.29 is 19.4 Å². The Morgan fingerprint density at radius 3 is 2.30 bits per heavy atom. The number of hydrogen-bond acceptors (Lipinski definition) is 3. The Bertz CT molecular complexity index is 611. The normalized spacial score (nSPS) is 20.6. The van der Waals surface area contributed by atoms with Gasteiger partial charge >= 0.3 is 0 Å². The van der Waals surface area contributed by atoms with Crippen LogP contribution in [0.15, 0.2) is 54.6 Å². The van der Waals surface area contributed by atoms with Crippen LogP contribution in [0.4, 0.5) is 4.39 Å². The maximum absolute atomic E-state index is 13.4. The van der Waals surface area contributed by atoms with E-state index in [0.717, 1.165) is 0 Å². The lowest BCUT2D eigenvalue weighted by atomic mass is 9.99. The fraction of sp³-hybridized carbons (Fsp3) is 0.278. The van der Waals surface area contributed by atoms with Crippen LogP contribution in [-0.4, -0.2) is 47.0 Å². The molecule has 1 fully saturated rings. The number of carbonyl (C=O) groups is 1. The first-order valence-electron chi connectivity index (χ1n) is 7.41. The number of carboxylic acid groups (broad SMARTS) is 1. The van der Waals surface area contributed by atoms with Gasteiger partial charge in [0.25, 0.3) is 6.47 Å². The summed E-state index contributed by atoms with van der Waals surface area (Å²) in [5, 5.41) is 16.4. The van der Waals surface area contributed by atoms with Crippen LogP contribution in [0.2, 0.25) is 0 Å². The molecule has 2 aromatic carbocycles. The second kappa shape index (κ2) is 8.41. The Labute approximate surface area is 134 Å². The molecule has 1 heterocycles. The van der Waals surface area contributed by atoms with Gasteiger partial charge in [0.2, 0.25) is 0 Å². The van der Waals surface area contributed by atoms with Crippen LogP contribution in [0.25, 0.3) is 11.1 Å². The van der Waals surface area contributed by atoms with Crippen molar-refractivity contribution in [3.05, 3.63) is 60.2 Å². The van der Waals surface area contributed by atoms with Crippen molar-refractivity contribution in [2.45, 2.75) is 18.8 Å². The molecule has 0 unspecified atom stereocenters.